The Morgan fingerprint density at radius 1 is 1.09 bits per heavy atom. The van der Waals surface area contributed by atoms with Gasteiger partial charge in [-0.2, -0.15) is 0 Å². The standard InChI is InChI=1S/C19H21ClN2O/c1-14-8-2-5-11-17(14)21-19(23)18(22-12-6-7-13-22)15-9-3-4-10-16(15)20/h2-5,8-11,18H,6-7,12-13H2,1H3,(H,21,23)/t18-/m0/s1. The first-order chi connectivity index (χ1) is 11.2. The highest BCUT2D eigenvalue weighted by atomic mass is 35.5. The third kappa shape index (κ3) is 3.57. The van der Waals surface area contributed by atoms with Crippen molar-refractivity contribution in [2.75, 3.05) is 18.4 Å². The molecule has 1 N–H and O–H groups in total. The van der Waals surface area contributed by atoms with Crippen molar-refractivity contribution >= 4 is 23.2 Å². The van der Waals surface area contributed by atoms with E-state index in [9.17, 15) is 4.79 Å². The predicted molar refractivity (Wildman–Crippen MR) is 94.8 cm³/mol. The highest BCUT2D eigenvalue weighted by Gasteiger charge is 2.31. The molecule has 1 aliphatic rings. The lowest BCUT2D eigenvalue weighted by molar-refractivity contribution is -0.121. The molecule has 0 spiro atoms. The van der Waals surface area contributed by atoms with Crippen LogP contribution in [0.15, 0.2) is 48.5 Å². The second-order valence-electron chi connectivity index (χ2n) is 5.97. The van der Waals surface area contributed by atoms with Gasteiger partial charge in [-0.25, -0.2) is 0 Å². The number of hydrogen-bond donors (Lipinski definition) is 1. The molecule has 0 aliphatic carbocycles. The predicted octanol–water partition coefficient (Wildman–Crippen LogP) is 4.42. The van der Waals surface area contributed by atoms with Gasteiger partial charge in [0, 0.05) is 10.7 Å². The summed E-state index contributed by atoms with van der Waals surface area (Å²) < 4.78 is 0. The number of nitrogens with one attached hydrogen (secondary N) is 1. The highest BCUT2D eigenvalue weighted by molar-refractivity contribution is 6.31. The van der Waals surface area contributed by atoms with Crippen molar-refractivity contribution in [2.45, 2.75) is 25.8 Å². The molecule has 1 amide bonds. The van der Waals surface area contributed by atoms with Crippen LogP contribution in [0.3, 0.4) is 0 Å². The van der Waals surface area contributed by atoms with Crippen LogP contribution in [0, 0.1) is 6.92 Å². The second kappa shape index (κ2) is 7.16. The fourth-order valence-corrected chi connectivity index (χ4v) is 3.35. The highest BCUT2D eigenvalue weighted by Crippen LogP contribution is 2.31. The van der Waals surface area contributed by atoms with Gasteiger partial charge < -0.3 is 5.32 Å². The number of carbonyl (C=O) groups is 1. The molecule has 3 rings (SSSR count). The van der Waals surface area contributed by atoms with Gasteiger partial charge in [-0.3, -0.25) is 9.69 Å². The molecule has 1 heterocycles. The minimum absolute atomic E-state index is 0.0192. The molecule has 1 atom stereocenters. The molecule has 0 radical (unpaired) electrons. The van der Waals surface area contributed by atoms with E-state index in [1.54, 1.807) is 0 Å². The van der Waals surface area contributed by atoms with E-state index in [-0.39, 0.29) is 11.9 Å². The Morgan fingerprint density at radius 3 is 2.43 bits per heavy atom. The number of rotatable bonds is 4. The molecule has 1 saturated heterocycles. The zero-order valence-corrected chi connectivity index (χ0v) is 14.0. The van der Waals surface area contributed by atoms with Crippen molar-refractivity contribution in [2.24, 2.45) is 0 Å². The lowest BCUT2D eigenvalue weighted by atomic mass is 10.0. The van der Waals surface area contributed by atoms with E-state index in [2.05, 4.69) is 10.2 Å². The van der Waals surface area contributed by atoms with Crippen LogP contribution < -0.4 is 5.32 Å². The summed E-state index contributed by atoms with van der Waals surface area (Å²) in [6.07, 6.45) is 2.25. The summed E-state index contributed by atoms with van der Waals surface area (Å²) in [5.41, 5.74) is 2.79. The van der Waals surface area contributed by atoms with Crippen LogP contribution in [0.25, 0.3) is 0 Å². The maximum atomic E-state index is 13.0. The molecular weight excluding hydrogens is 308 g/mol. The number of anilines is 1. The topological polar surface area (TPSA) is 32.3 Å². The van der Waals surface area contributed by atoms with Gasteiger partial charge >= 0.3 is 0 Å². The van der Waals surface area contributed by atoms with Crippen molar-refractivity contribution in [3.05, 3.63) is 64.7 Å². The van der Waals surface area contributed by atoms with Crippen LogP contribution in [0.5, 0.6) is 0 Å². The Kier molecular flexibility index (Phi) is 4.99. The van der Waals surface area contributed by atoms with Crippen LogP contribution in [0.2, 0.25) is 5.02 Å². The van der Waals surface area contributed by atoms with Crippen molar-refractivity contribution < 1.29 is 4.79 Å². The Labute approximate surface area is 142 Å². The first kappa shape index (κ1) is 16.0. The lowest BCUT2D eigenvalue weighted by Crippen LogP contribution is -2.35. The van der Waals surface area contributed by atoms with Crippen LogP contribution in [0.1, 0.15) is 30.0 Å². The number of benzene rings is 2. The summed E-state index contributed by atoms with van der Waals surface area (Å²) in [7, 11) is 0. The van der Waals surface area contributed by atoms with Gasteiger partial charge in [-0.05, 0) is 56.1 Å². The molecule has 2 aromatic carbocycles. The van der Waals surface area contributed by atoms with E-state index in [1.165, 1.54) is 0 Å². The maximum Gasteiger partial charge on any atom is 0.246 e. The number of halogens is 1. The minimum Gasteiger partial charge on any atom is -0.324 e. The maximum absolute atomic E-state index is 13.0. The third-order valence-corrected chi connectivity index (χ3v) is 4.70. The molecule has 1 aliphatic heterocycles. The second-order valence-corrected chi connectivity index (χ2v) is 6.38. The number of aryl methyl sites for hydroxylation is 1. The van der Waals surface area contributed by atoms with E-state index in [0.717, 1.165) is 42.7 Å². The van der Waals surface area contributed by atoms with E-state index < -0.39 is 0 Å². The van der Waals surface area contributed by atoms with E-state index >= 15 is 0 Å². The molecule has 0 saturated carbocycles. The molecule has 0 bridgehead atoms. The van der Waals surface area contributed by atoms with Gasteiger partial charge in [-0.1, -0.05) is 48.0 Å². The first-order valence-electron chi connectivity index (χ1n) is 8.02. The minimum atomic E-state index is -0.342. The number of nitrogens with zero attached hydrogens (tertiary/aromatic N) is 1. The Morgan fingerprint density at radius 2 is 1.74 bits per heavy atom. The zero-order chi connectivity index (χ0) is 16.2. The van der Waals surface area contributed by atoms with Crippen LogP contribution in [-0.4, -0.2) is 23.9 Å². The summed E-state index contributed by atoms with van der Waals surface area (Å²) in [4.78, 5) is 15.2. The quantitative estimate of drug-likeness (QED) is 0.900. The molecule has 120 valence electrons. The molecule has 23 heavy (non-hydrogen) atoms. The number of amides is 1. The van der Waals surface area contributed by atoms with E-state index in [0.29, 0.717) is 5.02 Å². The van der Waals surface area contributed by atoms with Gasteiger partial charge in [0.25, 0.3) is 0 Å². The fraction of sp³-hybridized carbons (Fsp3) is 0.316. The first-order valence-corrected chi connectivity index (χ1v) is 8.39. The van der Waals surface area contributed by atoms with E-state index in [1.807, 2.05) is 55.5 Å². The summed E-state index contributed by atoms with van der Waals surface area (Å²) >= 11 is 6.37. The number of para-hydroxylation sites is 1. The van der Waals surface area contributed by atoms with Crippen LogP contribution in [-0.2, 0) is 4.79 Å². The van der Waals surface area contributed by atoms with Crippen molar-refractivity contribution in [1.82, 2.24) is 4.90 Å². The van der Waals surface area contributed by atoms with Crippen LogP contribution >= 0.6 is 11.6 Å². The van der Waals surface area contributed by atoms with Crippen molar-refractivity contribution in [1.29, 1.82) is 0 Å². The van der Waals surface area contributed by atoms with Crippen molar-refractivity contribution in [3.8, 4) is 0 Å². The molecule has 2 aromatic rings. The fourth-order valence-electron chi connectivity index (χ4n) is 3.11. The Balaban J connectivity index is 1.90. The average molecular weight is 329 g/mol. The van der Waals surface area contributed by atoms with Gasteiger partial charge in [-0.15, -0.1) is 0 Å². The van der Waals surface area contributed by atoms with Gasteiger partial charge in [0.2, 0.25) is 5.91 Å². The monoisotopic (exact) mass is 328 g/mol. The smallest absolute Gasteiger partial charge is 0.246 e. The number of likely N-dealkylation sites (tertiary alicyclic amines) is 1. The van der Waals surface area contributed by atoms with Crippen molar-refractivity contribution in [3.63, 3.8) is 0 Å². The summed E-state index contributed by atoms with van der Waals surface area (Å²) in [5, 5.41) is 3.72. The van der Waals surface area contributed by atoms with Gasteiger partial charge in [0.05, 0.1) is 0 Å². The third-order valence-electron chi connectivity index (χ3n) is 4.36. The lowest BCUT2D eigenvalue weighted by Gasteiger charge is -2.27. The molecule has 0 unspecified atom stereocenters. The SMILES string of the molecule is Cc1ccccc1NC(=O)[C@H](c1ccccc1Cl)N1CCCC1. The summed E-state index contributed by atoms with van der Waals surface area (Å²) in [5.74, 6) is -0.0192. The van der Waals surface area contributed by atoms with Crippen LogP contribution in [0.4, 0.5) is 5.69 Å². The van der Waals surface area contributed by atoms with Gasteiger partial charge in [0.1, 0.15) is 6.04 Å². The molecule has 3 nitrogen and oxygen atoms in total. The molecule has 0 aromatic heterocycles. The zero-order valence-electron chi connectivity index (χ0n) is 13.3. The molecule has 1 fully saturated rings. The summed E-state index contributed by atoms with van der Waals surface area (Å²) in [6, 6.07) is 15.1. The Hall–Kier alpha value is -1.84. The summed E-state index contributed by atoms with van der Waals surface area (Å²) in [6.45, 7) is 3.85. The normalized spacial score (nSPS) is 16.3. The average Bonchev–Trinajstić information content (AvgIpc) is 3.06. The molecule has 4 heteroatoms. The van der Waals surface area contributed by atoms with E-state index in [4.69, 9.17) is 11.6 Å². The number of carbonyl (C=O) groups excluding carboxylic acids is 1. The molecular formula is C19H21ClN2O. The largest absolute Gasteiger partial charge is 0.324 e. The Bertz CT molecular complexity index is 695. The van der Waals surface area contributed by atoms with Gasteiger partial charge in [0.15, 0.2) is 0 Å². The number of hydrogen-bond acceptors (Lipinski definition) is 2.